The maximum absolute atomic E-state index is 6.25. The number of likely N-dealkylation sites (tertiary alicyclic amines) is 1. The van der Waals surface area contributed by atoms with Gasteiger partial charge in [-0.05, 0) is 59.2 Å². The van der Waals surface area contributed by atoms with E-state index >= 15 is 0 Å². The lowest BCUT2D eigenvalue weighted by Crippen LogP contribution is -2.34. The largest absolute Gasteiger partial charge is 0.366 e. The van der Waals surface area contributed by atoms with Gasteiger partial charge in [-0.2, -0.15) is 9.61 Å². The average molecular weight is 484 g/mol. The molecule has 182 valence electrons. The Bertz CT molecular complexity index is 1480. The Morgan fingerprint density at radius 2 is 1.78 bits per heavy atom. The van der Waals surface area contributed by atoms with E-state index in [1.807, 2.05) is 12.3 Å². The molecule has 0 saturated carbocycles. The van der Waals surface area contributed by atoms with E-state index in [-0.39, 0.29) is 0 Å². The summed E-state index contributed by atoms with van der Waals surface area (Å²) in [5, 5.41) is 7.98. The van der Waals surface area contributed by atoms with E-state index in [2.05, 4.69) is 87.0 Å². The van der Waals surface area contributed by atoms with Crippen LogP contribution in [0.25, 0.3) is 16.8 Å². The van der Waals surface area contributed by atoms with Crippen LogP contribution in [0.1, 0.15) is 35.6 Å². The number of fused-ring (bicyclic) bond motifs is 1. The molecule has 1 fully saturated rings. The first-order valence-electron chi connectivity index (χ1n) is 12.9. The molecule has 6 nitrogen and oxygen atoms in total. The maximum Gasteiger partial charge on any atom is 0.150 e. The molecule has 7 heteroatoms. The van der Waals surface area contributed by atoms with E-state index in [4.69, 9.17) is 12.8 Å². The van der Waals surface area contributed by atoms with Gasteiger partial charge in [0.15, 0.2) is 5.65 Å². The first kappa shape index (κ1) is 23.4. The molecule has 4 heterocycles. The summed E-state index contributed by atoms with van der Waals surface area (Å²) < 4.78 is 1.80. The molecule has 0 bridgehead atoms. The third kappa shape index (κ3) is 5.27. The molecule has 1 saturated heterocycles. The molecule has 1 aliphatic rings. The van der Waals surface area contributed by atoms with Gasteiger partial charge in [-0.1, -0.05) is 54.6 Å². The van der Waals surface area contributed by atoms with Crippen LogP contribution in [0.4, 0.5) is 5.82 Å². The van der Waals surface area contributed by atoms with E-state index in [9.17, 15) is 0 Å². The quantitative estimate of drug-likeness (QED) is 0.343. The fourth-order valence-corrected chi connectivity index (χ4v) is 5.21. The number of pyridine rings is 1. The lowest BCUT2D eigenvalue weighted by Gasteiger charge is -2.32. The molecule has 0 aliphatic carbocycles. The smallest absolute Gasteiger partial charge is 0.150 e. The zero-order valence-electron chi connectivity index (χ0n) is 20.8. The summed E-state index contributed by atoms with van der Waals surface area (Å²) in [5.41, 5.74) is 7.33. The van der Waals surface area contributed by atoms with E-state index < -0.39 is 0 Å². The lowest BCUT2D eigenvalue weighted by atomic mass is 9.93. The highest BCUT2D eigenvalue weighted by molar-refractivity contribution is 6.36. The molecular weight excluding hydrogens is 455 g/mol. The molecule has 1 unspecified atom stereocenters. The minimum Gasteiger partial charge on any atom is -0.366 e. The maximum atomic E-state index is 6.25. The lowest BCUT2D eigenvalue weighted by molar-refractivity contribution is 0.198. The predicted molar refractivity (Wildman–Crippen MR) is 149 cm³/mol. The zero-order valence-corrected chi connectivity index (χ0v) is 20.8. The Hall–Kier alpha value is -3.97. The highest BCUT2D eigenvalue weighted by Gasteiger charge is 2.24. The molecule has 0 amide bonds. The molecule has 5 aromatic rings. The number of nitrogens with zero attached hydrogens (tertiary/aromatic N) is 5. The number of rotatable bonds is 7. The van der Waals surface area contributed by atoms with Crippen molar-refractivity contribution in [2.45, 2.75) is 31.8 Å². The van der Waals surface area contributed by atoms with Crippen LogP contribution in [0.15, 0.2) is 91.4 Å². The summed E-state index contributed by atoms with van der Waals surface area (Å²) in [7, 11) is 6.25. The molecule has 0 spiro atoms. The Balaban J connectivity index is 1.21. The number of piperidine rings is 1. The van der Waals surface area contributed by atoms with E-state index in [1.54, 1.807) is 16.9 Å². The van der Waals surface area contributed by atoms with E-state index in [0.29, 0.717) is 23.6 Å². The second-order valence-electron chi connectivity index (χ2n) is 9.76. The van der Waals surface area contributed by atoms with Gasteiger partial charge < -0.3 is 5.32 Å². The summed E-state index contributed by atoms with van der Waals surface area (Å²) in [6.45, 7) is 3.64. The fourth-order valence-electron chi connectivity index (χ4n) is 5.21. The molecule has 1 N–H and O–H groups in total. The third-order valence-corrected chi connectivity index (χ3v) is 7.08. The molecule has 6 rings (SSSR count). The van der Waals surface area contributed by atoms with Crippen LogP contribution >= 0.6 is 0 Å². The van der Waals surface area contributed by atoms with Gasteiger partial charge in [-0.3, -0.25) is 9.88 Å². The van der Waals surface area contributed by atoms with Crippen molar-refractivity contribution >= 4 is 24.8 Å². The molecule has 1 atom stereocenters. The standard InChI is InChI=1S/C30H29BN6/c31-27-19-34-37-29(33-18-23-8-5-13-32-17-23)16-28(35-30(27)37)26-12-6-14-36(21-26)20-22-7-4-11-25(15-22)24-9-2-1-3-10-24/h1-5,7-11,13,15-17,19,26,33H,6,12,14,18,20-21H2. The fraction of sp³-hybridized carbons (Fsp3) is 0.233. The molecule has 2 aromatic carbocycles. The van der Waals surface area contributed by atoms with Crippen LogP contribution in [0.2, 0.25) is 0 Å². The Morgan fingerprint density at radius 3 is 2.65 bits per heavy atom. The zero-order chi connectivity index (χ0) is 25.0. The van der Waals surface area contributed by atoms with Crippen molar-refractivity contribution in [1.29, 1.82) is 0 Å². The predicted octanol–water partition coefficient (Wildman–Crippen LogP) is 4.58. The number of hydrogen-bond acceptors (Lipinski definition) is 5. The van der Waals surface area contributed by atoms with E-state index in [0.717, 1.165) is 49.6 Å². The molecule has 3 aromatic heterocycles. The Morgan fingerprint density at radius 1 is 0.919 bits per heavy atom. The SMILES string of the molecule is [B]c1cnn2c(NCc3cccnc3)cc(C3CCCN(Cc4cccc(-c5ccccc5)c4)C3)nc12. The highest BCUT2D eigenvalue weighted by Crippen LogP contribution is 2.29. The van der Waals surface area contributed by atoms with Crippen LogP contribution in [0.5, 0.6) is 0 Å². The number of hydrogen-bond donors (Lipinski definition) is 1. The van der Waals surface area contributed by atoms with Crippen LogP contribution in [-0.4, -0.2) is 45.4 Å². The third-order valence-electron chi connectivity index (χ3n) is 7.08. The second-order valence-corrected chi connectivity index (χ2v) is 9.76. The Kier molecular flexibility index (Phi) is 6.69. The second kappa shape index (κ2) is 10.6. The topological polar surface area (TPSA) is 58.4 Å². The Labute approximate surface area is 218 Å². The summed E-state index contributed by atoms with van der Waals surface area (Å²) in [5.74, 6) is 1.23. The van der Waals surface area contributed by atoms with Crippen LogP contribution in [0, 0.1) is 0 Å². The minimum atomic E-state index is 0.337. The van der Waals surface area contributed by atoms with Gasteiger partial charge in [-0.25, -0.2) is 4.98 Å². The van der Waals surface area contributed by atoms with Crippen LogP contribution in [-0.2, 0) is 13.1 Å². The van der Waals surface area contributed by atoms with Crippen molar-refractivity contribution in [1.82, 2.24) is 24.5 Å². The van der Waals surface area contributed by atoms with Gasteiger partial charge >= 0.3 is 0 Å². The molecule has 37 heavy (non-hydrogen) atoms. The summed E-state index contributed by atoms with van der Waals surface area (Å²) >= 11 is 0. The highest BCUT2D eigenvalue weighted by atomic mass is 15.3. The molecular formula is C30H29BN6. The van der Waals surface area contributed by atoms with Gasteiger partial charge in [0.05, 0.1) is 5.69 Å². The normalized spacial score (nSPS) is 16.2. The molecule has 2 radical (unpaired) electrons. The average Bonchev–Trinajstić information content (AvgIpc) is 3.33. The van der Waals surface area contributed by atoms with Gasteiger partial charge in [0, 0.05) is 50.2 Å². The monoisotopic (exact) mass is 484 g/mol. The number of nitrogens with one attached hydrogen (secondary N) is 1. The van der Waals surface area contributed by atoms with Gasteiger partial charge in [0.25, 0.3) is 0 Å². The van der Waals surface area contributed by atoms with Crippen LogP contribution in [0.3, 0.4) is 0 Å². The van der Waals surface area contributed by atoms with Crippen molar-refractivity contribution in [2.75, 3.05) is 18.4 Å². The van der Waals surface area contributed by atoms with Crippen molar-refractivity contribution in [3.05, 3.63) is 108 Å². The van der Waals surface area contributed by atoms with Crippen molar-refractivity contribution in [3.8, 4) is 11.1 Å². The first-order chi connectivity index (χ1) is 18.2. The van der Waals surface area contributed by atoms with E-state index in [1.165, 1.54) is 16.7 Å². The summed E-state index contributed by atoms with van der Waals surface area (Å²) in [6, 6.07) is 25.6. The number of aromatic nitrogens is 4. The first-order valence-corrected chi connectivity index (χ1v) is 12.9. The number of benzene rings is 2. The van der Waals surface area contributed by atoms with Gasteiger partial charge in [0.1, 0.15) is 13.7 Å². The molecule has 1 aliphatic heterocycles. The van der Waals surface area contributed by atoms with Crippen molar-refractivity contribution < 1.29 is 0 Å². The van der Waals surface area contributed by atoms with Crippen molar-refractivity contribution in [2.24, 2.45) is 0 Å². The number of anilines is 1. The summed E-state index contributed by atoms with van der Waals surface area (Å²) in [6.07, 6.45) is 7.58. The summed E-state index contributed by atoms with van der Waals surface area (Å²) in [4.78, 5) is 11.7. The minimum absolute atomic E-state index is 0.337. The van der Waals surface area contributed by atoms with Gasteiger partial charge in [-0.15, -0.1) is 0 Å². The van der Waals surface area contributed by atoms with Crippen molar-refractivity contribution in [3.63, 3.8) is 0 Å². The van der Waals surface area contributed by atoms with Gasteiger partial charge in [0.2, 0.25) is 0 Å². The van der Waals surface area contributed by atoms with Crippen LogP contribution < -0.4 is 10.8 Å².